The van der Waals surface area contributed by atoms with Crippen molar-refractivity contribution in [3.63, 3.8) is 0 Å². The number of hydrogen-bond acceptors (Lipinski definition) is 2. The van der Waals surface area contributed by atoms with Crippen molar-refractivity contribution in [1.29, 1.82) is 0 Å². The average Bonchev–Trinajstić information content (AvgIpc) is 2.71. The molecule has 1 aliphatic heterocycles. The van der Waals surface area contributed by atoms with Crippen LogP contribution in [0.5, 0.6) is 0 Å². The van der Waals surface area contributed by atoms with Gasteiger partial charge in [-0.2, -0.15) is 0 Å². The Morgan fingerprint density at radius 3 is 2.78 bits per heavy atom. The molecule has 1 N–H and O–H groups in total. The Kier molecular flexibility index (Phi) is 3.97. The lowest BCUT2D eigenvalue weighted by Crippen LogP contribution is -2.26. The van der Waals surface area contributed by atoms with E-state index in [9.17, 15) is 9.59 Å². The maximum Gasteiger partial charge on any atom is 0.223 e. The summed E-state index contributed by atoms with van der Waals surface area (Å²) in [6.07, 6.45) is 0.924. The van der Waals surface area contributed by atoms with Gasteiger partial charge in [0.25, 0.3) is 0 Å². The molecule has 1 fully saturated rings. The minimum Gasteiger partial charge on any atom is -0.359 e. The highest BCUT2D eigenvalue weighted by Crippen LogP contribution is 2.22. The summed E-state index contributed by atoms with van der Waals surface area (Å²) in [6, 6.07) is 9.93. The van der Waals surface area contributed by atoms with E-state index in [1.807, 2.05) is 35.2 Å². The number of nitrogens with one attached hydrogen (secondary N) is 1. The first-order valence-electron chi connectivity index (χ1n) is 6.21. The second-order valence-electron chi connectivity index (χ2n) is 4.71. The summed E-state index contributed by atoms with van der Waals surface area (Å²) in [7, 11) is 1.63. The fourth-order valence-corrected chi connectivity index (χ4v) is 2.31. The van der Waals surface area contributed by atoms with Gasteiger partial charge in [-0.1, -0.05) is 30.3 Å². The monoisotopic (exact) mass is 246 g/mol. The summed E-state index contributed by atoms with van der Waals surface area (Å²) >= 11 is 0. The molecule has 2 rings (SSSR count). The molecule has 1 atom stereocenters. The minimum atomic E-state index is 0.00867. The molecule has 96 valence electrons. The van der Waals surface area contributed by atoms with Gasteiger partial charge in [0.15, 0.2) is 0 Å². The van der Waals surface area contributed by atoms with E-state index in [-0.39, 0.29) is 17.7 Å². The zero-order chi connectivity index (χ0) is 13.0. The zero-order valence-corrected chi connectivity index (χ0v) is 10.6. The second kappa shape index (κ2) is 5.67. The van der Waals surface area contributed by atoms with Gasteiger partial charge in [-0.3, -0.25) is 9.59 Å². The molecule has 4 nitrogen and oxygen atoms in total. The van der Waals surface area contributed by atoms with Crippen molar-refractivity contribution in [3.05, 3.63) is 35.9 Å². The van der Waals surface area contributed by atoms with Crippen LogP contribution >= 0.6 is 0 Å². The number of carbonyl (C=O) groups excluding carboxylic acids is 2. The van der Waals surface area contributed by atoms with Crippen LogP contribution < -0.4 is 5.32 Å². The predicted molar refractivity (Wildman–Crippen MR) is 68.6 cm³/mol. The summed E-state index contributed by atoms with van der Waals surface area (Å²) in [5, 5.41) is 2.60. The van der Waals surface area contributed by atoms with E-state index in [1.165, 1.54) is 0 Å². The molecular formula is C14H18N2O2. The van der Waals surface area contributed by atoms with Gasteiger partial charge in [-0.05, 0) is 11.5 Å². The molecular weight excluding hydrogens is 228 g/mol. The molecule has 18 heavy (non-hydrogen) atoms. The quantitative estimate of drug-likeness (QED) is 0.867. The van der Waals surface area contributed by atoms with E-state index >= 15 is 0 Å². The smallest absolute Gasteiger partial charge is 0.223 e. The molecule has 0 radical (unpaired) electrons. The number of hydrogen-bond donors (Lipinski definition) is 1. The Bertz CT molecular complexity index is 431. The third kappa shape index (κ3) is 3.09. The number of rotatable bonds is 4. The van der Waals surface area contributed by atoms with Crippen LogP contribution in [0.3, 0.4) is 0 Å². The Labute approximate surface area is 107 Å². The SMILES string of the molecule is CNC(=O)CC1CC(=O)N(Cc2ccccc2)C1. The van der Waals surface area contributed by atoms with Crippen LogP contribution in [0.1, 0.15) is 18.4 Å². The van der Waals surface area contributed by atoms with Gasteiger partial charge in [0, 0.05) is 33.0 Å². The zero-order valence-electron chi connectivity index (χ0n) is 10.6. The highest BCUT2D eigenvalue weighted by atomic mass is 16.2. The van der Waals surface area contributed by atoms with Crippen molar-refractivity contribution in [2.45, 2.75) is 19.4 Å². The normalized spacial score (nSPS) is 19.1. The number of carbonyl (C=O) groups is 2. The van der Waals surface area contributed by atoms with Crippen molar-refractivity contribution in [2.75, 3.05) is 13.6 Å². The van der Waals surface area contributed by atoms with Gasteiger partial charge >= 0.3 is 0 Å². The van der Waals surface area contributed by atoms with Gasteiger partial charge in [0.1, 0.15) is 0 Å². The van der Waals surface area contributed by atoms with Crippen LogP contribution in [0.2, 0.25) is 0 Å². The van der Waals surface area contributed by atoms with Gasteiger partial charge in [0.05, 0.1) is 0 Å². The molecule has 0 spiro atoms. The second-order valence-corrected chi connectivity index (χ2v) is 4.71. The standard InChI is InChI=1S/C14H18N2O2/c1-15-13(17)7-12-8-14(18)16(10-12)9-11-5-3-2-4-6-11/h2-6,12H,7-10H2,1H3,(H,15,17). The first-order chi connectivity index (χ1) is 8.69. The van der Waals surface area contributed by atoms with Crippen molar-refractivity contribution >= 4 is 11.8 Å². The lowest BCUT2D eigenvalue weighted by molar-refractivity contribution is -0.128. The molecule has 1 saturated heterocycles. The third-order valence-corrected chi connectivity index (χ3v) is 3.26. The Morgan fingerprint density at radius 2 is 2.11 bits per heavy atom. The van der Waals surface area contributed by atoms with E-state index in [0.29, 0.717) is 25.9 Å². The first kappa shape index (κ1) is 12.6. The van der Waals surface area contributed by atoms with Gasteiger partial charge in [-0.15, -0.1) is 0 Å². The lowest BCUT2D eigenvalue weighted by Gasteiger charge is -2.16. The molecule has 0 aromatic heterocycles. The van der Waals surface area contributed by atoms with Crippen LogP contribution in [0, 0.1) is 5.92 Å². The van der Waals surface area contributed by atoms with Crippen LogP contribution in [-0.4, -0.2) is 30.3 Å². The maximum absolute atomic E-state index is 11.9. The summed E-state index contributed by atoms with van der Waals surface area (Å²) in [6.45, 7) is 1.32. The van der Waals surface area contributed by atoms with Crippen LogP contribution in [0.4, 0.5) is 0 Å². The van der Waals surface area contributed by atoms with E-state index in [0.717, 1.165) is 5.56 Å². The van der Waals surface area contributed by atoms with Crippen LogP contribution in [0.25, 0.3) is 0 Å². The molecule has 0 aliphatic carbocycles. The number of nitrogens with zero attached hydrogens (tertiary/aromatic N) is 1. The number of likely N-dealkylation sites (tertiary alicyclic amines) is 1. The molecule has 1 aromatic carbocycles. The highest BCUT2D eigenvalue weighted by molar-refractivity contribution is 5.81. The Balaban J connectivity index is 1.91. The molecule has 1 aliphatic rings. The largest absolute Gasteiger partial charge is 0.359 e. The van der Waals surface area contributed by atoms with Crippen molar-refractivity contribution in [1.82, 2.24) is 10.2 Å². The number of amides is 2. The molecule has 0 bridgehead atoms. The van der Waals surface area contributed by atoms with Crippen molar-refractivity contribution in [3.8, 4) is 0 Å². The molecule has 2 amide bonds. The fraction of sp³-hybridized carbons (Fsp3) is 0.429. The minimum absolute atomic E-state index is 0.00867. The lowest BCUT2D eigenvalue weighted by atomic mass is 10.0. The number of benzene rings is 1. The summed E-state index contributed by atoms with van der Waals surface area (Å²) < 4.78 is 0. The average molecular weight is 246 g/mol. The maximum atomic E-state index is 11.9. The first-order valence-corrected chi connectivity index (χ1v) is 6.21. The summed E-state index contributed by atoms with van der Waals surface area (Å²) in [5.74, 6) is 0.309. The highest BCUT2D eigenvalue weighted by Gasteiger charge is 2.30. The van der Waals surface area contributed by atoms with E-state index in [4.69, 9.17) is 0 Å². The van der Waals surface area contributed by atoms with Gasteiger partial charge in [-0.25, -0.2) is 0 Å². The Hall–Kier alpha value is -1.84. The van der Waals surface area contributed by atoms with E-state index < -0.39 is 0 Å². The predicted octanol–water partition coefficient (Wildman–Crippen LogP) is 1.17. The topological polar surface area (TPSA) is 49.4 Å². The van der Waals surface area contributed by atoms with E-state index in [2.05, 4.69) is 5.32 Å². The van der Waals surface area contributed by atoms with Gasteiger partial charge in [0.2, 0.25) is 11.8 Å². The van der Waals surface area contributed by atoms with E-state index in [1.54, 1.807) is 7.05 Å². The molecule has 1 heterocycles. The summed E-state index contributed by atoms with van der Waals surface area (Å²) in [4.78, 5) is 25.0. The molecule has 1 unspecified atom stereocenters. The van der Waals surface area contributed by atoms with Crippen molar-refractivity contribution < 1.29 is 9.59 Å². The molecule has 4 heteroatoms. The fourth-order valence-electron chi connectivity index (χ4n) is 2.31. The van der Waals surface area contributed by atoms with Gasteiger partial charge < -0.3 is 10.2 Å². The summed E-state index contributed by atoms with van der Waals surface area (Å²) in [5.41, 5.74) is 1.13. The Morgan fingerprint density at radius 1 is 1.39 bits per heavy atom. The molecule has 0 saturated carbocycles. The molecule has 1 aromatic rings. The van der Waals surface area contributed by atoms with Crippen molar-refractivity contribution in [2.24, 2.45) is 5.92 Å². The third-order valence-electron chi connectivity index (χ3n) is 3.26. The van der Waals surface area contributed by atoms with Crippen LogP contribution in [0.15, 0.2) is 30.3 Å². The van der Waals surface area contributed by atoms with Crippen LogP contribution in [-0.2, 0) is 16.1 Å².